The molecule has 0 fully saturated rings. The Labute approximate surface area is 202 Å². The number of ether oxygens (including phenoxy) is 1. The van der Waals surface area contributed by atoms with Gasteiger partial charge in [0.05, 0.1) is 6.04 Å². The SMILES string of the molecule is Cc1ccc(NC(=O)[C@@H]2Sc3nnc(COc4ccccc4)n3N[C@H]2c2ccccc2)c(C)c1. The van der Waals surface area contributed by atoms with Gasteiger partial charge in [0, 0.05) is 5.69 Å². The predicted octanol–water partition coefficient (Wildman–Crippen LogP) is 4.87. The molecule has 1 aliphatic heterocycles. The molecule has 3 aromatic carbocycles. The fourth-order valence-corrected chi connectivity index (χ4v) is 5.02. The summed E-state index contributed by atoms with van der Waals surface area (Å²) in [5.74, 6) is 1.31. The van der Waals surface area contributed by atoms with Gasteiger partial charge in [-0.2, -0.15) is 0 Å². The Morgan fingerprint density at radius 1 is 1.03 bits per heavy atom. The number of rotatable bonds is 6. The maximum atomic E-state index is 13.5. The van der Waals surface area contributed by atoms with Gasteiger partial charge in [-0.1, -0.05) is 78.0 Å². The van der Waals surface area contributed by atoms with Gasteiger partial charge in [-0.05, 0) is 43.2 Å². The lowest BCUT2D eigenvalue weighted by Gasteiger charge is -2.33. The number of thioether (sulfide) groups is 1. The highest BCUT2D eigenvalue weighted by Crippen LogP contribution is 2.37. The van der Waals surface area contributed by atoms with Crippen molar-refractivity contribution in [2.45, 2.75) is 36.9 Å². The van der Waals surface area contributed by atoms with Crippen molar-refractivity contribution >= 4 is 23.4 Å². The monoisotopic (exact) mass is 471 g/mol. The van der Waals surface area contributed by atoms with E-state index in [4.69, 9.17) is 4.74 Å². The van der Waals surface area contributed by atoms with Crippen molar-refractivity contribution in [3.8, 4) is 5.75 Å². The topological polar surface area (TPSA) is 81.1 Å². The first-order valence-corrected chi connectivity index (χ1v) is 11.9. The third-order valence-corrected chi connectivity index (χ3v) is 6.89. The summed E-state index contributed by atoms with van der Waals surface area (Å²) in [6, 6.07) is 25.3. The van der Waals surface area contributed by atoms with Gasteiger partial charge in [0.15, 0.2) is 5.82 Å². The molecule has 0 bridgehead atoms. The number of carbonyl (C=O) groups excluding carboxylic acids is 1. The van der Waals surface area contributed by atoms with E-state index in [9.17, 15) is 4.79 Å². The van der Waals surface area contributed by atoms with Crippen molar-refractivity contribution in [3.63, 3.8) is 0 Å². The number of aryl methyl sites for hydroxylation is 2. The van der Waals surface area contributed by atoms with Crippen molar-refractivity contribution in [1.82, 2.24) is 14.9 Å². The van der Waals surface area contributed by atoms with Crippen LogP contribution in [-0.2, 0) is 11.4 Å². The molecule has 0 radical (unpaired) electrons. The minimum atomic E-state index is -0.442. The van der Waals surface area contributed by atoms with E-state index in [0.717, 1.165) is 28.1 Å². The Kier molecular flexibility index (Phi) is 6.22. The maximum Gasteiger partial charge on any atom is 0.240 e. The summed E-state index contributed by atoms with van der Waals surface area (Å²) in [5, 5.41) is 11.9. The number of aromatic nitrogens is 3. The summed E-state index contributed by atoms with van der Waals surface area (Å²) in [6.07, 6.45) is 0. The number of amides is 1. The summed E-state index contributed by atoms with van der Waals surface area (Å²) < 4.78 is 7.71. The standard InChI is InChI=1S/C26H25N5O2S/c1-17-13-14-21(18(2)15-17)27-25(32)24-23(19-9-5-3-6-10-19)30-31-22(28-29-26(31)34-24)16-33-20-11-7-4-8-12-20/h3-15,23-24,30H,16H2,1-2H3,(H,27,32)/t23-,24+/m0/s1. The smallest absolute Gasteiger partial charge is 0.240 e. The van der Waals surface area contributed by atoms with Crippen molar-refractivity contribution in [1.29, 1.82) is 0 Å². The average Bonchev–Trinajstić information content (AvgIpc) is 3.27. The molecule has 0 spiro atoms. The van der Waals surface area contributed by atoms with Crippen molar-refractivity contribution < 1.29 is 9.53 Å². The lowest BCUT2D eigenvalue weighted by atomic mass is 10.0. The Morgan fingerprint density at radius 3 is 2.50 bits per heavy atom. The molecule has 2 N–H and O–H groups in total. The molecule has 0 saturated heterocycles. The number of benzene rings is 3. The number of nitrogens with one attached hydrogen (secondary N) is 2. The molecule has 7 nitrogen and oxygen atoms in total. The third kappa shape index (κ3) is 4.63. The van der Waals surface area contributed by atoms with Crippen LogP contribution in [0.3, 0.4) is 0 Å². The molecule has 1 aromatic heterocycles. The fraction of sp³-hybridized carbons (Fsp3) is 0.192. The summed E-state index contributed by atoms with van der Waals surface area (Å²) in [5.41, 5.74) is 7.47. The molecule has 1 aliphatic rings. The van der Waals surface area contributed by atoms with Crippen LogP contribution in [0.25, 0.3) is 0 Å². The van der Waals surface area contributed by atoms with Gasteiger partial charge >= 0.3 is 0 Å². The second kappa shape index (κ2) is 9.61. The fourth-order valence-electron chi connectivity index (χ4n) is 3.93. The number of fused-ring (bicyclic) bond motifs is 1. The van der Waals surface area contributed by atoms with Gasteiger partial charge in [-0.15, -0.1) is 10.2 Å². The third-order valence-electron chi connectivity index (χ3n) is 5.67. The molecule has 8 heteroatoms. The zero-order chi connectivity index (χ0) is 23.5. The van der Waals surface area contributed by atoms with Crippen LogP contribution in [0.15, 0.2) is 84.0 Å². The molecule has 5 rings (SSSR count). The zero-order valence-electron chi connectivity index (χ0n) is 18.9. The van der Waals surface area contributed by atoms with Crippen LogP contribution in [0, 0.1) is 13.8 Å². The maximum absolute atomic E-state index is 13.5. The number of nitrogens with zero attached hydrogens (tertiary/aromatic N) is 3. The summed E-state index contributed by atoms with van der Waals surface area (Å²) in [4.78, 5) is 13.5. The van der Waals surface area contributed by atoms with Crippen molar-refractivity contribution in [2.75, 3.05) is 10.7 Å². The van der Waals surface area contributed by atoms with Gasteiger partial charge < -0.3 is 15.5 Å². The number of hydrogen-bond acceptors (Lipinski definition) is 6. The molecule has 2 atom stereocenters. The van der Waals surface area contributed by atoms with Gasteiger partial charge in [-0.25, -0.2) is 4.68 Å². The normalized spacial score (nSPS) is 16.9. The molecule has 0 saturated carbocycles. The highest BCUT2D eigenvalue weighted by molar-refractivity contribution is 8.00. The first-order valence-electron chi connectivity index (χ1n) is 11.1. The Balaban J connectivity index is 1.41. The molecule has 172 valence electrons. The first kappa shape index (κ1) is 22.0. The molecule has 4 aromatic rings. The van der Waals surface area contributed by atoms with Crippen LogP contribution in [0.5, 0.6) is 5.75 Å². The van der Waals surface area contributed by atoms with E-state index in [0.29, 0.717) is 11.0 Å². The van der Waals surface area contributed by atoms with E-state index in [-0.39, 0.29) is 18.6 Å². The zero-order valence-corrected chi connectivity index (χ0v) is 19.8. The number of hydrogen-bond donors (Lipinski definition) is 2. The first-order chi connectivity index (χ1) is 16.6. The van der Waals surface area contributed by atoms with E-state index in [1.807, 2.05) is 91.3 Å². The summed E-state index contributed by atoms with van der Waals surface area (Å²) in [6.45, 7) is 4.29. The molecule has 34 heavy (non-hydrogen) atoms. The van der Waals surface area contributed by atoms with E-state index in [1.54, 1.807) is 0 Å². The average molecular weight is 472 g/mol. The van der Waals surface area contributed by atoms with Gasteiger partial charge in [-0.3, -0.25) is 4.79 Å². The highest BCUT2D eigenvalue weighted by atomic mass is 32.2. The highest BCUT2D eigenvalue weighted by Gasteiger charge is 2.38. The molecule has 0 aliphatic carbocycles. The number of carbonyl (C=O) groups is 1. The van der Waals surface area contributed by atoms with E-state index >= 15 is 0 Å². The number of para-hydroxylation sites is 1. The minimum Gasteiger partial charge on any atom is -0.486 e. The molecule has 1 amide bonds. The van der Waals surface area contributed by atoms with Crippen LogP contribution >= 0.6 is 11.8 Å². The van der Waals surface area contributed by atoms with E-state index < -0.39 is 5.25 Å². The molecule has 2 heterocycles. The van der Waals surface area contributed by atoms with E-state index in [1.165, 1.54) is 11.8 Å². The Bertz CT molecular complexity index is 1290. The van der Waals surface area contributed by atoms with Crippen LogP contribution in [0.1, 0.15) is 28.6 Å². The summed E-state index contributed by atoms with van der Waals surface area (Å²) in [7, 11) is 0. The summed E-state index contributed by atoms with van der Waals surface area (Å²) >= 11 is 1.40. The van der Waals surface area contributed by atoms with Gasteiger partial charge in [0.25, 0.3) is 0 Å². The van der Waals surface area contributed by atoms with Crippen LogP contribution in [-0.4, -0.2) is 26.0 Å². The molecular formula is C26H25N5O2S. The molecule has 0 unspecified atom stereocenters. The van der Waals surface area contributed by atoms with Crippen molar-refractivity contribution in [3.05, 3.63) is 101 Å². The van der Waals surface area contributed by atoms with Crippen LogP contribution in [0.2, 0.25) is 0 Å². The lowest BCUT2D eigenvalue weighted by molar-refractivity contribution is -0.116. The van der Waals surface area contributed by atoms with Gasteiger partial charge in [0.2, 0.25) is 11.1 Å². The van der Waals surface area contributed by atoms with E-state index in [2.05, 4.69) is 27.0 Å². The van der Waals surface area contributed by atoms with Crippen LogP contribution < -0.4 is 15.5 Å². The second-order valence-corrected chi connectivity index (χ2v) is 9.31. The quantitative estimate of drug-likeness (QED) is 0.418. The second-order valence-electron chi connectivity index (χ2n) is 8.20. The van der Waals surface area contributed by atoms with Gasteiger partial charge in [0.1, 0.15) is 17.6 Å². The Hall–Kier alpha value is -3.78. The molecular weight excluding hydrogens is 446 g/mol. The Morgan fingerprint density at radius 2 is 1.76 bits per heavy atom. The minimum absolute atomic E-state index is 0.0883. The van der Waals surface area contributed by atoms with Crippen molar-refractivity contribution in [2.24, 2.45) is 0 Å². The lowest BCUT2D eigenvalue weighted by Crippen LogP contribution is -2.41. The predicted molar refractivity (Wildman–Crippen MR) is 134 cm³/mol. The number of anilines is 1. The van der Waals surface area contributed by atoms with Crippen LogP contribution in [0.4, 0.5) is 5.69 Å². The largest absolute Gasteiger partial charge is 0.486 e.